The predicted octanol–water partition coefficient (Wildman–Crippen LogP) is 2.26. The highest BCUT2D eigenvalue weighted by Gasteiger charge is 2.15. The second kappa shape index (κ2) is 6.47. The first kappa shape index (κ1) is 14.6. The maximum absolute atomic E-state index is 10.6. The van der Waals surface area contributed by atoms with Gasteiger partial charge in [0.05, 0.1) is 4.92 Å². The molecule has 1 aromatic rings. The van der Waals surface area contributed by atoms with Crippen molar-refractivity contribution in [3.8, 4) is 0 Å². The second-order valence-electron chi connectivity index (χ2n) is 4.69. The van der Waals surface area contributed by atoms with Gasteiger partial charge in [0, 0.05) is 30.8 Å². The van der Waals surface area contributed by atoms with E-state index >= 15 is 0 Å². The number of benzene rings is 1. The topological polar surface area (TPSA) is 75.4 Å². The van der Waals surface area contributed by atoms with Crippen molar-refractivity contribution in [1.29, 1.82) is 0 Å². The van der Waals surface area contributed by atoms with E-state index in [0.29, 0.717) is 0 Å². The molecule has 1 rings (SSSR count). The average molecular weight is 252 g/mol. The minimum absolute atomic E-state index is 0.0924. The fraction of sp³-hybridized carbons (Fsp3) is 0.538. The molecule has 0 bridgehead atoms. The van der Waals surface area contributed by atoms with Crippen molar-refractivity contribution in [1.82, 2.24) is 5.32 Å². The summed E-state index contributed by atoms with van der Waals surface area (Å²) in [5, 5.41) is 23.0. The van der Waals surface area contributed by atoms with Crippen LogP contribution in [0.25, 0.3) is 0 Å². The molecule has 0 spiro atoms. The molecule has 3 atom stereocenters. The third kappa shape index (κ3) is 3.78. The summed E-state index contributed by atoms with van der Waals surface area (Å²) in [6.07, 6.45) is 0. The maximum Gasteiger partial charge on any atom is 0.269 e. The van der Waals surface area contributed by atoms with Gasteiger partial charge in [-0.05, 0) is 25.3 Å². The van der Waals surface area contributed by atoms with Gasteiger partial charge >= 0.3 is 0 Å². The molecule has 0 aliphatic rings. The molecule has 0 saturated carbocycles. The van der Waals surface area contributed by atoms with Gasteiger partial charge in [-0.3, -0.25) is 10.1 Å². The van der Waals surface area contributed by atoms with Crippen LogP contribution in [0.15, 0.2) is 24.3 Å². The zero-order valence-electron chi connectivity index (χ0n) is 11.0. The highest BCUT2D eigenvalue weighted by molar-refractivity contribution is 5.34. The first-order chi connectivity index (χ1) is 8.45. The van der Waals surface area contributed by atoms with E-state index in [-0.39, 0.29) is 30.3 Å². The number of aliphatic hydroxyl groups is 1. The number of nitrogens with one attached hydrogen (secondary N) is 1. The lowest BCUT2D eigenvalue weighted by Crippen LogP contribution is -2.35. The quantitative estimate of drug-likeness (QED) is 0.601. The third-order valence-electron chi connectivity index (χ3n) is 3.26. The van der Waals surface area contributed by atoms with Crippen LogP contribution in [-0.2, 0) is 0 Å². The number of hydrogen-bond acceptors (Lipinski definition) is 4. The molecule has 2 N–H and O–H groups in total. The van der Waals surface area contributed by atoms with Crippen molar-refractivity contribution in [3.05, 3.63) is 39.9 Å². The predicted molar refractivity (Wildman–Crippen MR) is 70.4 cm³/mol. The smallest absolute Gasteiger partial charge is 0.269 e. The standard InChI is InChI=1S/C13H20N2O3/c1-9(8-16)10(2)14-11(3)12-4-6-13(7-5-12)15(17)18/h4-7,9-11,14,16H,8H2,1-3H3. The molecule has 0 heterocycles. The molecule has 0 fully saturated rings. The summed E-state index contributed by atoms with van der Waals surface area (Å²) >= 11 is 0. The summed E-state index contributed by atoms with van der Waals surface area (Å²) in [7, 11) is 0. The average Bonchev–Trinajstić information content (AvgIpc) is 2.37. The van der Waals surface area contributed by atoms with Crippen molar-refractivity contribution >= 4 is 5.69 Å². The van der Waals surface area contributed by atoms with Crippen LogP contribution < -0.4 is 5.32 Å². The van der Waals surface area contributed by atoms with Gasteiger partial charge in [-0.1, -0.05) is 19.1 Å². The Bertz CT molecular complexity index is 392. The molecule has 0 aliphatic heterocycles. The lowest BCUT2D eigenvalue weighted by molar-refractivity contribution is -0.384. The fourth-order valence-corrected chi connectivity index (χ4v) is 1.70. The Labute approximate surface area is 107 Å². The highest BCUT2D eigenvalue weighted by Crippen LogP contribution is 2.18. The summed E-state index contributed by atoms with van der Waals surface area (Å²) in [5.74, 6) is 0.172. The summed E-state index contributed by atoms with van der Waals surface area (Å²) < 4.78 is 0. The zero-order chi connectivity index (χ0) is 13.7. The number of non-ortho nitro benzene ring substituents is 1. The molecule has 100 valence electrons. The van der Waals surface area contributed by atoms with Gasteiger partial charge in [0.2, 0.25) is 0 Å². The Morgan fingerprint density at radius 3 is 2.28 bits per heavy atom. The Morgan fingerprint density at radius 1 is 1.28 bits per heavy atom. The molecule has 0 saturated heterocycles. The van der Waals surface area contributed by atoms with Crippen LogP contribution in [-0.4, -0.2) is 22.7 Å². The second-order valence-corrected chi connectivity index (χ2v) is 4.69. The normalized spacial score (nSPS) is 16.0. The van der Waals surface area contributed by atoms with E-state index in [1.807, 2.05) is 20.8 Å². The van der Waals surface area contributed by atoms with Crippen molar-refractivity contribution in [3.63, 3.8) is 0 Å². The van der Waals surface area contributed by atoms with E-state index in [9.17, 15) is 10.1 Å². The van der Waals surface area contributed by atoms with Crippen molar-refractivity contribution < 1.29 is 10.0 Å². The number of nitro groups is 1. The summed E-state index contributed by atoms with van der Waals surface area (Å²) in [6, 6.07) is 6.80. The molecule has 18 heavy (non-hydrogen) atoms. The molecule has 0 aliphatic carbocycles. The molecule has 0 amide bonds. The van der Waals surface area contributed by atoms with E-state index in [2.05, 4.69) is 5.32 Å². The largest absolute Gasteiger partial charge is 0.396 e. The molecular formula is C13H20N2O3. The first-order valence-electron chi connectivity index (χ1n) is 6.07. The number of aliphatic hydroxyl groups excluding tert-OH is 1. The van der Waals surface area contributed by atoms with Crippen LogP contribution in [0.3, 0.4) is 0 Å². The van der Waals surface area contributed by atoms with E-state index in [1.54, 1.807) is 12.1 Å². The number of hydrogen-bond donors (Lipinski definition) is 2. The minimum Gasteiger partial charge on any atom is -0.396 e. The summed E-state index contributed by atoms with van der Waals surface area (Å²) in [6.45, 7) is 6.13. The van der Waals surface area contributed by atoms with Crippen molar-refractivity contribution in [2.75, 3.05) is 6.61 Å². The molecule has 3 unspecified atom stereocenters. The van der Waals surface area contributed by atoms with E-state index in [1.165, 1.54) is 12.1 Å². The van der Waals surface area contributed by atoms with Gasteiger partial charge in [0.15, 0.2) is 0 Å². The Balaban J connectivity index is 2.66. The van der Waals surface area contributed by atoms with Crippen LogP contribution in [0.5, 0.6) is 0 Å². The lowest BCUT2D eigenvalue weighted by atomic mass is 10.0. The first-order valence-corrected chi connectivity index (χ1v) is 6.07. The number of nitrogens with zero attached hydrogens (tertiary/aromatic N) is 1. The van der Waals surface area contributed by atoms with E-state index in [4.69, 9.17) is 5.11 Å². The van der Waals surface area contributed by atoms with Gasteiger partial charge in [0.1, 0.15) is 0 Å². The van der Waals surface area contributed by atoms with Crippen LogP contribution in [0.4, 0.5) is 5.69 Å². The van der Waals surface area contributed by atoms with E-state index < -0.39 is 4.92 Å². The van der Waals surface area contributed by atoms with Gasteiger partial charge in [-0.2, -0.15) is 0 Å². The van der Waals surface area contributed by atoms with Gasteiger partial charge in [0.25, 0.3) is 5.69 Å². The molecule has 0 aromatic heterocycles. The molecular weight excluding hydrogens is 232 g/mol. The Hall–Kier alpha value is -1.46. The van der Waals surface area contributed by atoms with Crippen LogP contribution in [0.2, 0.25) is 0 Å². The van der Waals surface area contributed by atoms with Gasteiger partial charge < -0.3 is 10.4 Å². The molecule has 1 aromatic carbocycles. The summed E-state index contributed by atoms with van der Waals surface area (Å²) in [4.78, 5) is 10.1. The van der Waals surface area contributed by atoms with Crippen LogP contribution in [0, 0.1) is 16.0 Å². The monoisotopic (exact) mass is 252 g/mol. The zero-order valence-corrected chi connectivity index (χ0v) is 11.0. The minimum atomic E-state index is -0.404. The SMILES string of the molecule is CC(NC(C)C(C)CO)c1ccc([N+](=O)[O-])cc1. The number of rotatable bonds is 6. The lowest BCUT2D eigenvalue weighted by Gasteiger charge is -2.24. The molecule has 5 nitrogen and oxygen atoms in total. The van der Waals surface area contributed by atoms with Crippen molar-refractivity contribution in [2.45, 2.75) is 32.9 Å². The highest BCUT2D eigenvalue weighted by atomic mass is 16.6. The van der Waals surface area contributed by atoms with E-state index in [0.717, 1.165) is 5.56 Å². The molecule has 0 radical (unpaired) electrons. The fourth-order valence-electron chi connectivity index (χ4n) is 1.70. The van der Waals surface area contributed by atoms with Crippen LogP contribution >= 0.6 is 0 Å². The Morgan fingerprint density at radius 2 is 1.83 bits per heavy atom. The third-order valence-corrected chi connectivity index (χ3v) is 3.26. The summed E-state index contributed by atoms with van der Waals surface area (Å²) in [5.41, 5.74) is 1.10. The van der Waals surface area contributed by atoms with Gasteiger partial charge in [-0.25, -0.2) is 0 Å². The van der Waals surface area contributed by atoms with Gasteiger partial charge in [-0.15, -0.1) is 0 Å². The van der Waals surface area contributed by atoms with Crippen LogP contribution in [0.1, 0.15) is 32.4 Å². The maximum atomic E-state index is 10.6. The molecule has 5 heteroatoms. The van der Waals surface area contributed by atoms with Crippen molar-refractivity contribution in [2.24, 2.45) is 5.92 Å². The Kier molecular flexibility index (Phi) is 5.25. The number of nitro benzene ring substituents is 1.